The predicted molar refractivity (Wildman–Crippen MR) is 95.1 cm³/mol. The van der Waals surface area contributed by atoms with Crippen LogP contribution in [0, 0.1) is 0 Å². The number of aromatic nitrogens is 1. The van der Waals surface area contributed by atoms with Crippen LogP contribution in [0.2, 0.25) is 5.02 Å². The van der Waals surface area contributed by atoms with Gasteiger partial charge < -0.3 is 4.74 Å². The Labute approximate surface area is 144 Å². The molecular formula is C19H15ClN2O2. The fourth-order valence-electron chi connectivity index (χ4n) is 3.10. The lowest BCUT2D eigenvalue weighted by Crippen LogP contribution is -2.29. The van der Waals surface area contributed by atoms with Gasteiger partial charge in [-0.05, 0) is 36.2 Å². The molecule has 0 N–H and O–H groups in total. The molecule has 0 unspecified atom stereocenters. The van der Waals surface area contributed by atoms with Crippen LogP contribution in [0.4, 0.5) is 5.82 Å². The first-order valence-corrected chi connectivity index (χ1v) is 8.10. The summed E-state index contributed by atoms with van der Waals surface area (Å²) in [5.74, 6) is 1.27. The Morgan fingerprint density at radius 1 is 1.21 bits per heavy atom. The Balaban J connectivity index is 1.82. The Morgan fingerprint density at radius 3 is 2.83 bits per heavy atom. The molecule has 3 aromatic rings. The van der Waals surface area contributed by atoms with Gasteiger partial charge in [0.25, 0.3) is 5.91 Å². The second kappa shape index (κ2) is 5.80. The highest BCUT2D eigenvalue weighted by Crippen LogP contribution is 2.34. The van der Waals surface area contributed by atoms with Gasteiger partial charge in [0, 0.05) is 11.9 Å². The summed E-state index contributed by atoms with van der Waals surface area (Å²) in [5.41, 5.74) is 2.32. The van der Waals surface area contributed by atoms with E-state index in [0.29, 0.717) is 28.7 Å². The Kier molecular flexibility index (Phi) is 3.62. The van der Waals surface area contributed by atoms with Gasteiger partial charge in [0.2, 0.25) is 0 Å². The summed E-state index contributed by atoms with van der Waals surface area (Å²) in [5, 5.41) is 1.47. The lowest BCUT2D eigenvalue weighted by Gasteiger charge is -2.17. The molecule has 4 rings (SSSR count). The van der Waals surface area contributed by atoms with Gasteiger partial charge in [-0.3, -0.25) is 9.69 Å². The van der Waals surface area contributed by atoms with Gasteiger partial charge in [-0.25, -0.2) is 4.98 Å². The van der Waals surface area contributed by atoms with Crippen molar-refractivity contribution in [1.82, 2.24) is 4.98 Å². The third-order valence-electron chi connectivity index (χ3n) is 4.29. The first kappa shape index (κ1) is 15.0. The molecule has 0 fully saturated rings. The number of para-hydroxylation sites is 1. The smallest absolute Gasteiger partial charge is 0.260 e. The van der Waals surface area contributed by atoms with Crippen molar-refractivity contribution in [3.63, 3.8) is 0 Å². The monoisotopic (exact) mass is 338 g/mol. The van der Waals surface area contributed by atoms with E-state index in [-0.39, 0.29) is 5.91 Å². The first-order chi connectivity index (χ1) is 11.7. The summed E-state index contributed by atoms with van der Waals surface area (Å²) in [4.78, 5) is 19.3. The van der Waals surface area contributed by atoms with E-state index >= 15 is 0 Å². The highest BCUT2D eigenvalue weighted by molar-refractivity contribution is 6.34. The number of amides is 1. The molecule has 1 aliphatic heterocycles. The SMILES string of the molecule is COc1cccc2cc3c(nc12)N(C(=O)c1ccccc1Cl)CC3. The van der Waals surface area contributed by atoms with Gasteiger partial charge in [-0.15, -0.1) is 0 Å². The van der Waals surface area contributed by atoms with Crippen LogP contribution in [0.15, 0.2) is 48.5 Å². The zero-order valence-electron chi connectivity index (χ0n) is 13.1. The lowest BCUT2D eigenvalue weighted by atomic mass is 10.1. The molecule has 2 heterocycles. The summed E-state index contributed by atoms with van der Waals surface area (Å²) in [6.07, 6.45) is 0.783. The van der Waals surface area contributed by atoms with Gasteiger partial charge >= 0.3 is 0 Å². The third kappa shape index (κ3) is 2.31. The number of carbonyl (C=O) groups excluding carboxylic acids is 1. The number of rotatable bonds is 2. The maximum absolute atomic E-state index is 12.9. The van der Waals surface area contributed by atoms with Crippen molar-refractivity contribution in [3.05, 3.63) is 64.7 Å². The minimum Gasteiger partial charge on any atom is -0.494 e. The number of halogens is 1. The van der Waals surface area contributed by atoms with Gasteiger partial charge in [-0.1, -0.05) is 35.9 Å². The standard InChI is InChI=1S/C19H15ClN2O2/c1-24-16-8-4-5-12-11-13-9-10-22(18(13)21-17(12)16)19(23)14-6-2-3-7-15(14)20/h2-8,11H,9-10H2,1H3. The van der Waals surface area contributed by atoms with Gasteiger partial charge in [0.05, 0.1) is 17.7 Å². The highest BCUT2D eigenvalue weighted by atomic mass is 35.5. The number of benzene rings is 2. The Bertz CT molecular complexity index is 955. The first-order valence-electron chi connectivity index (χ1n) is 7.72. The van der Waals surface area contributed by atoms with Crippen LogP contribution >= 0.6 is 11.6 Å². The summed E-state index contributed by atoms with van der Waals surface area (Å²) in [6.45, 7) is 0.602. The number of hydrogen-bond donors (Lipinski definition) is 0. The summed E-state index contributed by atoms with van der Waals surface area (Å²) in [7, 11) is 1.62. The molecule has 5 heteroatoms. The maximum atomic E-state index is 12.9. The quantitative estimate of drug-likeness (QED) is 0.706. The van der Waals surface area contributed by atoms with Crippen LogP contribution in [0.25, 0.3) is 10.9 Å². The number of pyridine rings is 1. The number of ether oxygens (including phenoxy) is 1. The maximum Gasteiger partial charge on any atom is 0.260 e. The second-order valence-corrected chi connectivity index (χ2v) is 6.10. The second-order valence-electron chi connectivity index (χ2n) is 5.69. The Morgan fingerprint density at radius 2 is 2.04 bits per heavy atom. The molecule has 1 aromatic heterocycles. The van der Waals surface area contributed by atoms with Crippen molar-refractivity contribution in [3.8, 4) is 5.75 Å². The van der Waals surface area contributed by atoms with Gasteiger partial charge in [0.1, 0.15) is 17.1 Å². The van der Waals surface area contributed by atoms with Crippen molar-refractivity contribution in [1.29, 1.82) is 0 Å². The molecule has 1 aliphatic rings. The van der Waals surface area contributed by atoms with Gasteiger partial charge in [0.15, 0.2) is 0 Å². The van der Waals surface area contributed by atoms with Crippen molar-refractivity contribution < 1.29 is 9.53 Å². The topological polar surface area (TPSA) is 42.4 Å². The molecule has 1 amide bonds. The molecule has 0 spiro atoms. The van der Waals surface area contributed by atoms with Crippen LogP contribution in [-0.4, -0.2) is 24.5 Å². The fourth-order valence-corrected chi connectivity index (χ4v) is 3.32. The van der Waals surface area contributed by atoms with Crippen LogP contribution in [0.1, 0.15) is 15.9 Å². The fraction of sp³-hybridized carbons (Fsp3) is 0.158. The molecule has 24 heavy (non-hydrogen) atoms. The normalized spacial score (nSPS) is 13.2. The zero-order chi connectivity index (χ0) is 16.7. The summed E-state index contributed by atoms with van der Waals surface area (Å²) < 4.78 is 5.40. The van der Waals surface area contributed by atoms with Gasteiger partial charge in [-0.2, -0.15) is 0 Å². The highest BCUT2D eigenvalue weighted by Gasteiger charge is 2.28. The zero-order valence-corrected chi connectivity index (χ0v) is 13.9. The lowest BCUT2D eigenvalue weighted by molar-refractivity contribution is 0.0989. The molecule has 0 radical (unpaired) electrons. The van der Waals surface area contributed by atoms with E-state index in [1.54, 1.807) is 24.1 Å². The molecule has 2 aromatic carbocycles. The van der Waals surface area contributed by atoms with Crippen LogP contribution < -0.4 is 9.64 Å². The minimum absolute atomic E-state index is 0.124. The molecule has 0 aliphatic carbocycles. The predicted octanol–water partition coefficient (Wildman–Crippen LogP) is 4.10. The number of fused-ring (bicyclic) bond motifs is 2. The van der Waals surface area contributed by atoms with E-state index in [1.165, 1.54) is 0 Å². The average molecular weight is 339 g/mol. The molecule has 0 atom stereocenters. The van der Waals surface area contributed by atoms with E-state index in [2.05, 4.69) is 6.07 Å². The summed E-state index contributed by atoms with van der Waals surface area (Å²) >= 11 is 6.18. The van der Waals surface area contributed by atoms with Crippen molar-refractivity contribution in [2.24, 2.45) is 0 Å². The largest absolute Gasteiger partial charge is 0.494 e. The number of carbonyl (C=O) groups is 1. The van der Waals surface area contributed by atoms with Crippen LogP contribution in [-0.2, 0) is 6.42 Å². The average Bonchev–Trinajstić information content (AvgIpc) is 3.02. The van der Waals surface area contributed by atoms with Crippen LogP contribution in [0.3, 0.4) is 0 Å². The van der Waals surface area contributed by atoms with Crippen molar-refractivity contribution >= 4 is 34.2 Å². The van der Waals surface area contributed by atoms with Crippen molar-refractivity contribution in [2.45, 2.75) is 6.42 Å². The Hall–Kier alpha value is -2.59. The number of nitrogens with zero attached hydrogens (tertiary/aromatic N) is 2. The number of anilines is 1. The minimum atomic E-state index is -0.124. The van der Waals surface area contributed by atoms with E-state index in [4.69, 9.17) is 21.3 Å². The van der Waals surface area contributed by atoms with E-state index in [1.807, 2.05) is 30.3 Å². The molecule has 0 saturated heterocycles. The van der Waals surface area contributed by atoms with E-state index in [0.717, 1.165) is 22.9 Å². The summed E-state index contributed by atoms with van der Waals surface area (Å²) in [6, 6.07) is 15.0. The number of methoxy groups -OCH3 is 1. The molecule has 4 nitrogen and oxygen atoms in total. The molecule has 0 bridgehead atoms. The third-order valence-corrected chi connectivity index (χ3v) is 4.62. The molecule has 120 valence electrons. The van der Waals surface area contributed by atoms with Crippen molar-refractivity contribution in [2.75, 3.05) is 18.6 Å². The molecule has 0 saturated carbocycles. The van der Waals surface area contributed by atoms with E-state index < -0.39 is 0 Å². The number of hydrogen-bond acceptors (Lipinski definition) is 3. The van der Waals surface area contributed by atoms with Crippen LogP contribution in [0.5, 0.6) is 5.75 Å². The molecular weight excluding hydrogens is 324 g/mol. The van der Waals surface area contributed by atoms with E-state index in [9.17, 15) is 4.79 Å².